The van der Waals surface area contributed by atoms with Crippen LogP contribution in [-0.4, -0.2) is 61.9 Å². The molecule has 1 aromatic rings. The van der Waals surface area contributed by atoms with Gasteiger partial charge in [-0.2, -0.15) is 0 Å². The summed E-state index contributed by atoms with van der Waals surface area (Å²) in [5.74, 6) is -0.726. The third kappa shape index (κ3) is 4.48. The molecule has 8 nitrogen and oxygen atoms in total. The van der Waals surface area contributed by atoms with Crippen LogP contribution in [0.4, 0.5) is 10.5 Å². The van der Waals surface area contributed by atoms with E-state index >= 15 is 0 Å². The lowest BCUT2D eigenvalue weighted by Crippen LogP contribution is -2.29. The Kier molecular flexibility index (Phi) is 5.49. The lowest BCUT2D eigenvalue weighted by Gasteiger charge is -2.13. The predicted octanol–water partition coefficient (Wildman–Crippen LogP) is 1.41. The molecule has 8 heteroatoms. The Hall–Kier alpha value is -2.61. The second-order valence-electron chi connectivity index (χ2n) is 5.81. The summed E-state index contributed by atoms with van der Waals surface area (Å²) < 4.78 is 15.3. The van der Waals surface area contributed by atoms with Crippen molar-refractivity contribution in [2.75, 3.05) is 38.2 Å². The SMILES string of the molecule is O=C(OCCN1CCOC1=O)c1cccc(NC(=O)[C@H]2CCCO2)c1. The summed E-state index contributed by atoms with van der Waals surface area (Å²) in [6.07, 6.45) is 0.743. The van der Waals surface area contributed by atoms with Gasteiger partial charge in [0.05, 0.1) is 18.7 Å². The molecular weight excluding hydrogens is 328 g/mol. The highest BCUT2D eigenvalue weighted by Gasteiger charge is 2.24. The molecule has 1 aromatic carbocycles. The number of amides is 2. The zero-order valence-electron chi connectivity index (χ0n) is 13.7. The molecule has 2 aliphatic heterocycles. The Morgan fingerprint density at radius 2 is 2.20 bits per heavy atom. The summed E-state index contributed by atoms with van der Waals surface area (Å²) in [5, 5.41) is 2.74. The maximum atomic E-state index is 12.1. The molecule has 2 saturated heterocycles. The molecule has 0 radical (unpaired) electrons. The number of nitrogens with zero attached hydrogens (tertiary/aromatic N) is 1. The van der Waals surface area contributed by atoms with Crippen LogP contribution >= 0.6 is 0 Å². The largest absolute Gasteiger partial charge is 0.460 e. The lowest BCUT2D eigenvalue weighted by atomic mass is 10.2. The van der Waals surface area contributed by atoms with Gasteiger partial charge in [-0.3, -0.25) is 4.79 Å². The highest BCUT2D eigenvalue weighted by molar-refractivity contribution is 5.96. The Morgan fingerprint density at radius 1 is 1.32 bits per heavy atom. The smallest absolute Gasteiger partial charge is 0.410 e. The van der Waals surface area contributed by atoms with Crippen molar-refractivity contribution < 1.29 is 28.6 Å². The number of ether oxygens (including phenoxy) is 3. The third-order valence-corrected chi connectivity index (χ3v) is 4.03. The Labute approximate surface area is 145 Å². The lowest BCUT2D eigenvalue weighted by molar-refractivity contribution is -0.124. The van der Waals surface area contributed by atoms with Crippen LogP contribution in [0.3, 0.4) is 0 Å². The van der Waals surface area contributed by atoms with Crippen LogP contribution in [0.25, 0.3) is 0 Å². The van der Waals surface area contributed by atoms with Crippen LogP contribution in [0.5, 0.6) is 0 Å². The molecule has 1 atom stereocenters. The van der Waals surface area contributed by atoms with Crippen molar-refractivity contribution in [3.63, 3.8) is 0 Å². The van der Waals surface area contributed by atoms with Gasteiger partial charge in [0.1, 0.15) is 19.3 Å². The molecule has 25 heavy (non-hydrogen) atoms. The van der Waals surface area contributed by atoms with Crippen molar-refractivity contribution in [3.05, 3.63) is 29.8 Å². The monoisotopic (exact) mass is 348 g/mol. The minimum atomic E-state index is -0.513. The molecule has 2 heterocycles. The number of carbonyl (C=O) groups is 3. The second kappa shape index (κ2) is 7.98. The molecule has 0 saturated carbocycles. The number of hydrogen-bond donors (Lipinski definition) is 1. The van der Waals surface area contributed by atoms with Crippen LogP contribution in [0, 0.1) is 0 Å². The number of cyclic esters (lactones) is 1. The van der Waals surface area contributed by atoms with E-state index in [9.17, 15) is 14.4 Å². The molecule has 2 fully saturated rings. The van der Waals surface area contributed by atoms with Crippen molar-refractivity contribution in [1.82, 2.24) is 4.90 Å². The van der Waals surface area contributed by atoms with Gasteiger partial charge in [-0.1, -0.05) is 6.07 Å². The topological polar surface area (TPSA) is 94.2 Å². The molecule has 2 aliphatic rings. The first kappa shape index (κ1) is 17.2. The molecule has 134 valence electrons. The number of rotatable bonds is 6. The van der Waals surface area contributed by atoms with E-state index in [1.807, 2.05) is 0 Å². The quantitative estimate of drug-likeness (QED) is 0.781. The van der Waals surface area contributed by atoms with E-state index < -0.39 is 18.2 Å². The first-order valence-electron chi connectivity index (χ1n) is 8.25. The van der Waals surface area contributed by atoms with Crippen LogP contribution in [0.2, 0.25) is 0 Å². The Balaban J connectivity index is 1.50. The van der Waals surface area contributed by atoms with Gasteiger partial charge in [-0.15, -0.1) is 0 Å². The van der Waals surface area contributed by atoms with Crippen LogP contribution < -0.4 is 5.32 Å². The summed E-state index contributed by atoms with van der Waals surface area (Å²) in [5.41, 5.74) is 0.840. The Bertz CT molecular complexity index is 656. The normalized spacial score (nSPS) is 19.6. The third-order valence-electron chi connectivity index (χ3n) is 4.03. The molecule has 3 rings (SSSR count). The van der Waals surface area contributed by atoms with Gasteiger partial charge in [0, 0.05) is 12.3 Å². The van der Waals surface area contributed by atoms with E-state index in [-0.39, 0.29) is 12.5 Å². The first-order chi connectivity index (χ1) is 12.1. The minimum Gasteiger partial charge on any atom is -0.460 e. The van der Waals surface area contributed by atoms with E-state index in [1.165, 1.54) is 4.90 Å². The number of carbonyl (C=O) groups excluding carboxylic acids is 3. The fourth-order valence-electron chi connectivity index (χ4n) is 2.69. The van der Waals surface area contributed by atoms with Gasteiger partial charge < -0.3 is 24.4 Å². The summed E-state index contributed by atoms with van der Waals surface area (Å²) in [6.45, 7) is 1.83. The summed E-state index contributed by atoms with van der Waals surface area (Å²) in [7, 11) is 0. The van der Waals surface area contributed by atoms with Crippen molar-refractivity contribution in [1.29, 1.82) is 0 Å². The molecule has 0 bridgehead atoms. The molecular formula is C17H20N2O6. The van der Waals surface area contributed by atoms with Crippen molar-refractivity contribution in [3.8, 4) is 0 Å². The fraction of sp³-hybridized carbons (Fsp3) is 0.471. The van der Waals surface area contributed by atoms with Gasteiger partial charge in [0.2, 0.25) is 0 Å². The molecule has 2 amide bonds. The van der Waals surface area contributed by atoms with Gasteiger partial charge >= 0.3 is 12.1 Å². The highest BCUT2D eigenvalue weighted by atomic mass is 16.6. The number of esters is 1. The van der Waals surface area contributed by atoms with Gasteiger partial charge in [-0.05, 0) is 31.0 Å². The number of benzene rings is 1. The molecule has 0 unspecified atom stereocenters. The van der Waals surface area contributed by atoms with E-state index in [2.05, 4.69) is 5.32 Å². The second-order valence-corrected chi connectivity index (χ2v) is 5.81. The number of anilines is 1. The van der Waals surface area contributed by atoms with E-state index in [1.54, 1.807) is 24.3 Å². The predicted molar refractivity (Wildman–Crippen MR) is 87.2 cm³/mol. The average Bonchev–Trinajstić information content (AvgIpc) is 3.27. The minimum absolute atomic E-state index is 0.0838. The first-order valence-corrected chi connectivity index (χ1v) is 8.25. The zero-order valence-corrected chi connectivity index (χ0v) is 13.7. The van der Waals surface area contributed by atoms with Crippen LogP contribution in [-0.2, 0) is 19.0 Å². The average molecular weight is 348 g/mol. The van der Waals surface area contributed by atoms with Crippen LogP contribution in [0.1, 0.15) is 23.2 Å². The van der Waals surface area contributed by atoms with Gasteiger partial charge in [0.15, 0.2) is 0 Å². The van der Waals surface area contributed by atoms with Gasteiger partial charge in [-0.25, -0.2) is 9.59 Å². The van der Waals surface area contributed by atoms with E-state index in [4.69, 9.17) is 14.2 Å². The zero-order chi connectivity index (χ0) is 17.6. The fourth-order valence-corrected chi connectivity index (χ4v) is 2.69. The molecule has 0 aliphatic carbocycles. The van der Waals surface area contributed by atoms with E-state index in [0.29, 0.717) is 44.0 Å². The maximum Gasteiger partial charge on any atom is 0.410 e. The standard InChI is InChI=1S/C17H20N2O6/c20-15(14-5-2-8-23-14)18-13-4-1-3-12(11-13)16(21)24-9-6-19-7-10-25-17(19)22/h1,3-4,11,14H,2,5-10H2,(H,18,20)/t14-/m1/s1. The number of hydrogen-bond acceptors (Lipinski definition) is 6. The van der Waals surface area contributed by atoms with Crippen molar-refractivity contribution in [2.24, 2.45) is 0 Å². The van der Waals surface area contributed by atoms with Crippen molar-refractivity contribution in [2.45, 2.75) is 18.9 Å². The Morgan fingerprint density at radius 3 is 2.92 bits per heavy atom. The number of nitrogens with one attached hydrogen (secondary N) is 1. The van der Waals surface area contributed by atoms with Crippen molar-refractivity contribution >= 4 is 23.7 Å². The molecule has 0 spiro atoms. The van der Waals surface area contributed by atoms with Crippen LogP contribution in [0.15, 0.2) is 24.3 Å². The van der Waals surface area contributed by atoms with E-state index in [0.717, 1.165) is 6.42 Å². The van der Waals surface area contributed by atoms with Gasteiger partial charge in [0.25, 0.3) is 5.91 Å². The summed E-state index contributed by atoms with van der Waals surface area (Å²) in [4.78, 5) is 36.9. The summed E-state index contributed by atoms with van der Waals surface area (Å²) in [6, 6.07) is 6.52. The highest BCUT2D eigenvalue weighted by Crippen LogP contribution is 2.16. The molecule has 1 N–H and O–H groups in total. The molecule has 0 aromatic heterocycles. The summed E-state index contributed by atoms with van der Waals surface area (Å²) >= 11 is 0. The maximum absolute atomic E-state index is 12.1.